The van der Waals surface area contributed by atoms with E-state index < -0.39 is 0 Å². The number of ether oxygens (including phenoxy) is 1. The lowest BCUT2D eigenvalue weighted by molar-refractivity contribution is 0.0204. The summed E-state index contributed by atoms with van der Waals surface area (Å²) in [4.78, 5) is 6.79. The number of aliphatic imine (C=N–C) groups is 1. The Morgan fingerprint density at radius 2 is 2.15 bits per heavy atom. The van der Waals surface area contributed by atoms with Gasteiger partial charge in [0.1, 0.15) is 5.60 Å². The van der Waals surface area contributed by atoms with Gasteiger partial charge in [-0.1, -0.05) is 6.92 Å². The standard InChI is InChI=1S/C10H18N2O/c1-3-9-11-8-10(13-9)4-6-12(2)7-5-10/h3-8H2,1-2H3. The molecule has 0 N–H and O–H groups in total. The first-order valence-electron chi connectivity index (χ1n) is 5.15. The number of likely N-dealkylation sites (tertiary alicyclic amines) is 1. The minimum atomic E-state index is 0.0812. The van der Waals surface area contributed by atoms with Crippen LogP contribution in [0.4, 0.5) is 0 Å². The second kappa shape index (κ2) is 3.29. The van der Waals surface area contributed by atoms with Gasteiger partial charge in [0.2, 0.25) is 0 Å². The molecule has 1 saturated heterocycles. The lowest BCUT2D eigenvalue weighted by Crippen LogP contribution is -2.45. The van der Waals surface area contributed by atoms with E-state index in [9.17, 15) is 0 Å². The Hall–Kier alpha value is -0.570. The van der Waals surface area contributed by atoms with Gasteiger partial charge in [-0.3, -0.25) is 4.99 Å². The fourth-order valence-corrected chi connectivity index (χ4v) is 2.02. The lowest BCUT2D eigenvalue weighted by atomic mass is 9.92. The van der Waals surface area contributed by atoms with E-state index in [2.05, 4.69) is 23.9 Å². The Morgan fingerprint density at radius 3 is 2.69 bits per heavy atom. The predicted molar refractivity (Wildman–Crippen MR) is 53.1 cm³/mol. The van der Waals surface area contributed by atoms with Crippen molar-refractivity contribution < 1.29 is 4.74 Å². The van der Waals surface area contributed by atoms with Gasteiger partial charge in [-0.25, -0.2) is 0 Å². The monoisotopic (exact) mass is 182 g/mol. The van der Waals surface area contributed by atoms with Crippen LogP contribution in [0.5, 0.6) is 0 Å². The van der Waals surface area contributed by atoms with Crippen LogP contribution in [0.2, 0.25) is 0 Å². The van der Waals surface area contributed by atoms with Crippen LogP contribution in [0, 0.1) is 0 Å². The molecule has 0 saturated carbocycles. The van der Waals surface area contributed by atoms with Gasteiger partial charge in [0, 0.05) is 32.4 Å². The minimum absolute atomic E-state index is 0.0812. The second-order valence-electron chi connectivity index (χ2n) is 4.15. The Bertz CT molecular complexity index is 217. The largest absolute Gasteiger partial charge is 0.472 e. The van der Waals surface area contributed by atoms with E-state index in [-0.39, 0.29) is 5.60 Å². The molecule has 3 heteroatoms. The maximum atomic E-state index is 5.91. The molecule has 0 amide bonds. The third kappa shape index (κ3) is 1.70. The molecule has 2 rings (SSSR count). The highest BCUT2D eigenvalue weighted by Gasteiger charge is 2.39. The molecule has 0 unspecified atom stereocenters. The molecule has 2 aliphatic rings. The van der Waals surface area contributed by atoms with E-state index in [1.807, 2.05) is 0 Å². The molecule has 0 aromatic heterocycles. The minimum Gasteiger partial charge on any atom is -0.472 e. The Balaban J connectivity index is 1.94. The Kier molecular flexibility index (Phi) is 2.28. The molecular weight excluding hydrogens is 164 g/mol. The highest BCUT2D eigenvalue weighted by atomic mass is 16.5. The molecule has 13 heavy (non-hydrogen) atoms. The molecule has 1 spiro atoms. The van der Waals surface area contributed by atoms with E-state index in [0.717, 1.165) is 44.8 Å². The van der Waals surface area contributed by atoms with Crippen LogP contribution in [0.15, 0.2) is 4.99 Å². The maximum Gasteiger partial charge on any atom is 0.183 e. The molecule has 0 bridgehead atoms. The molecule has 2 heterocycles. The maximum absolute atomic E-state index is 5.91. The molecular formula is C10H18N2O. The SMILES string of the molecule is CCC1=NCC2(CCN(C)CC2)O1. The van der Waals surface area contributed by atoms with Gasteiger partial charge >= 0.3 is 0 Å². The summed E-state index contributed by atoms with van der Waals surface area (Å²) >= 11 is 0. The van der Waals surface area contributed by atoms with Crippen molar-refractivity contribution in [2.24, 2.45) is 4.99 Å². The van der Waals surface area contributed by atoms with Crippen molar-refractivity contribution in [3.63, 3.8) is 0 Å². The van der Waals surface area contributed by atoms with Crippen molar-refractivity contribution in [3.8, 4) is 0 Å². The number of nitrogens with zero attached hydrogens (tertiary/aromatic N) is 2. The van der Waals surface area contributed by atoms with E-state index >= 15 is 0 Å². The summed E-state index contributed by atoms with van der Waals surface area (Å²) < 4.78 is 5.91. The van der Waals surface area contributed by atoms with Crippen LogP contribution in [0.1, 0.15) is 26.2 Å². The molecule has 0 aromatic rings. The summed E-state index contributed by atoms with van der Waals surface area (Å²) in [6.45, 7) is 5.29. The van der Waals surface area contributed by atoms with E-state index in [1.165, 1.54) is 0 Å². The molecule has 74 valence electrons. The van der Waals surface area contributed by atoms with E-state index in [0.29, 0.717) is 0 Å². The highest BCUT2D eigenvalue weighted by molar-refractivity contribution is 5.77. The van der Waals surface area contributed by atoms with Crippen molar-refractivity contribution in [1.82, 2.24) is 4.90 Å². The van der Waals surface area contributed by atoms with Gasteiger partial charge in [0.15, 0.2) is 5.90 Å². The van der Waals surface area contributed by atoms with Gasteiger partial charge in [-0.05, 0) is 7.05 Å². The quantitative estimate of drug-likeness (QED) is 0.610. The van der Waals surface area contributed by atoms with Crippen molar-refractivity contribution in [3.05, 3.63) is 0 Å². The first-order chi connectivity index (χ1) is 6.24. The molecule has 0 radical (unpaired) electrons. The summed E-state index contributed by atoms with van der Waals surface area (Å²) in [7, 11) is 2.17. The average Bonchev–Trinajstić information content (AvgIpc) is 2.55. The molecule has 0 aliphatic carbocycles. The van der Waals surface area contributed by atoms with Crippen molar-refractivity contribution in [2.75, 3.05) is 26.7 Å². The smallest absolute Gasteiger partial charge is 0.183 e. The zero-order chi connectivity index (χ0) is 9.31. The fourth-order valence-electron chi connectivity index (χ4n) is 2.02. The zero-order valence-corrected chi connectivity index (χ0v) is 8.55. The Morgan fingerprint density at radius 1 is 1.46 bits per heavy atom. The molecule has 3 nitrogen and oxygen atoms in total. The average molecular weight is 182 g/mol. The Labute approximate surface area is 79.8 Å². The third-order valence-corrected chi connectivity index (χ3v) is 3.08. The normalized spacial score (nSPS) is 27.4. The molecule has 0 aromatic carbocycles. The zero-order valence-electron chi connectivity index (χ0n) is 8.55. The summed E-state index contributed by atoms with van der Waals surface area (Å²) in [5.74, 6) is 0.963. The van der Waals surface area contributed by atoms with E-state index in [1.54, 1.807) is 0 Å². The van der Waals surface area contributed by atoms with Crippen LogP contribution in [0.25, 0.3) is 0 Å². The van der Waals surface area contributed by atoms with Gasteiger partial charge in [0.25, 0.3) is 0 Å². The van der Waals surface area contributed by atoms with Gasteiger partial charge in [0.05, 0.1) is 6.54 Å². The van der Waals surface area contributed by atoms with Crippen LogP contribution >= 0.6 is 0 Å². The lowest BCUT2D eigenvalue weighted by Gasteiger charge is -2.36. The molecule has 1 fully saturated rings. The number of hydrogen-bond donors (Lipinski definition) is 0. The van der Waals surface area contributed by atoms with Crippen molar-refractivity contribution in [1.29, 1.82) is 0 Å². The van der Waals surface area contributed by atoms with Crippen molar-refractivity contribution in [2.45, 2.75) is 31.8 Å². The number of rotatable bonds is 1. The summed E-state index contributed by atoms with van der Waals surface area (Å²) in [6, 6.07) is 0. The van der Waals surface area contributed by atoms with Crippen LogP contribution < -0.4 is 0 Å². The van der Waals surface area contributed by atoms with E-state index in [4.69, 9.17) is 4.74 Å². The van der Waals surface area contributed by atoms with Gasteiger partial charge in [-0.2, -0.15) is 0 Å². The highest BCUT2D eigenvalue weighted by Crippen LogP contribution is 2.30. The fraction of sp³-hybridized carbons (Fsp3) is 0.900. The number of piperidine rings is 1. The summed E-state index contributed by atoms with van der Waals surface area (Å²) in [6.07, 6.45) is 3.21. The molecule has 2 aliphatic heterocycles. The van der Waals surface area contributed by atoms with Crippen LogP contribution in [-0.2, 0) is 4.74 Å². The molecule has 0 atom stereocenters. The predicted octanol–water partition coefficient (Wildman–Crippen LogP) is 1.29. The van der Waals surface area contributed by atoms with Crippen LogP contribution in [0.3, 0.4) is 0 Å². The summed E-state index contributed by atoms with van der Waals surface area (Å²) in [5.41, 5.74) is 0.0812. The topological polar surface area (TPSA) is 24.8 Å². The number of hydrogen-bond acceptors (Lipinski definition) is 3. The second-order valence-corrected chi connectivity index (χ2v) is 4.15. The summed E-state index contributed by atoms with van der Waals surface area (Å²) in [5, 5.41) is 0. The van der Waals surface area contributed by atoms with Gasteiger partial charge in [-0.15, -0.1) is 0 Å². The first-order valence-corrected chi connectivity index (χ1v) is 5.15. The van der Waals surface area contributed by atoms with Crippen molar-refractivity contribution >= 4 is 5.90 Å². The third-order valence-electron chi connectivity index (χ3n) is 3.08. The first kappa shape index (κ1) is 9.00. The van der Waals surface area contributed by atoms with Gasteiger partial charge < -0.3 is 9.64 Å². The van der Waals surface area contributed by atoms with Crippen LogP contribution in [-0.4, -0.2) is 43.1 Å².